The van der Waals surface area contributed by atoms with Crippen LogP contribution in [0.15, 0.2) is 0 Å². The van der Waals surface area contributed by atoms with E-state index in [0.717, 1.165) is 0 Å². The summed E-state index contributed by atoms with van der Waals surface area (Å²) in [6.45, 7) is -4.36. The van der Waals surface area contributed by atoms with Gasteiger partial charge in [-0.25, -0.2) is 0 Å². The van der Waals surface area contributed by atoms with Gasteiger partial charge in [-0.15, -0.1) is 0 Å². The van der Waals surface area contributed by atoms with Crippen molar-refractivity contribution in [1.29, 1.82) is 0 Å². The molecule has 31 heteroatoms. The second-order valence-electron chi connectivity index (χ2n) is 20.6. The Hall–Kier alpha value is -1.24. The van der Waals surface area contributed by atoms with E-state index in [0.29, 0.717) is 0 Å². The molecule has 6 saturated heterocycles. The van der Waals surface area contributed by atoms with Crippen LogP contribution >= 0.6 is 0 Å². The predicted molar refractivity (Wildman–Crippen MR) is 251 cm³/mol. The Morgan fingerprint density at radius 3 is 0.833 bits per heavy atom. The molecule has 78 heavy (non-hydrogen) atoms. The lowest BCUT2D eigenvalue weighted by molar-refractivity contribution is -0.311. The maximum atomic E-state index is 11.2. The molecule has 18 N–H and O–H groups in total. The first-order valence-electron chi connectivity index (χ1n) is 26.2. The average Bonchev–Trinajstić information content (AvgIpc) is 3.49. The van der Waals surface area contributed by atoms with Crippen LogP contribution < -0.4 is 0 Å². The highest BCUT2D eigenvalue weighted by atomic mass is 16.7. The first kappa shape index (κ1) is 65.9. The number of methoxy groups -OCH3 is 1. The molecule has 6 heterocycles. The number of hydrogen-bond acceptors (Lipinski definition) is 31. The van der Waals surface area contributed by atoms with Gasteiger partial charge in [0.25, 0.3) is 0 Å². The largest absolute Gasteiger partial charge is 0.394 e. The van der Waals surface area contributed by atoms with Gasteiger partial charge in [-0.1, -0.05) is 0 Å². The fourth-order valence-electron chi connectivity index (χ4n) is 10.7. The Bertz CT molecular complexity index is 1690. The van der Waals surface area contributed by atoms with Crippen LogP contribution in [0.2, 0.25) is 0 Å². The van der Waals surface area contributed by atoms with Crippen molar-refractivity contribution in [3.63, 3.8) is 0 Å². The highest BCUT2D eigenvalue weighted by Crippen LogP contribution is 2.34. The Kier molecular flexibility index (Phi) is 26.2. The summed E-state index contributed by atoms with van der Waals surface area (Å²) in [6, 6.07) is 0. The molecule has 6 aliphatic heterocycles. The molecular weight excluding hydrogens is 1060 g/mol. The predicted octanol–water partition coefficient (Wildman–Crippen LogP) is -11.2. The smallest absolute Gasteiger partial charge is 0.186 e. The van der Waals surface area contributed by atoms with Crippen molar-refractivity contribution in [2.24, 2.45) is 23.7 Å². The summed E-state index contributed by atoms with van der Waals surface area (Å²) >= 11 is 0. The first-order chi connectivity index (χ1) is 37.3. The van der Waals surface area contributed by atoms with E-state index in [1.54, 1.807) is 6.92 Å². The van der Waals surface area contributed by atoms with Crippen LogP contribution in [0.3, 0.4) is 0 Å². The van der Waals surface area contributed by atoms with Crippen molar-refractivity contribution >= 4 is 0 Å². The van der Waals surface area contributed by atoms with Crippen LogP contribution in [0.4, 0.5) is 0 Å². The molecule has 30 atom stereocenters. The van der Waals surface area contributed by atoms with Gasteiger partial charge in [-0.05, 0) is 6.92 Å². The van der Waals surface area contributed by atoms with Gasteiger partial charge in [-0.3, -0.25) is 0 Å². The summed E-state index contributed by atoms with van der Waals surface area (Å²) in [5, 5.41) is 191. The molecule has 458 valence electrons. The maximum Gasteiger partial charge on any atom is 0.186 e. The summed E-state index contributed by atoms with van der Waals surface area (Å²) < 4.78 is 73.1. The SMILES string of the molecule is CCOC1OC(CO)C(COCC2OC(CO)C(COCC3OC(COC4OC(CO)C(COCC5OC(CO)C(COCC6OC(COC)C(O)[C@@H](O)[C@@H]6O)[C@@H](O)[C@@H]5O)[C@@H](O)[C@@H]4O)C(O)[C@@H](O)[C@@H]3O)[C@@H](O)[C@@H]2O)[C@@H](O)[C@@H]1O. The van der Waals surface area contributed by atoms with E-state index in [4.69, 9.17) is 61.6 Å². The molecule has 0 saturated carbocycles. The summed E-state index contributed by atoms with van der Waals surface area (Å²) in [5.41, 5.74) is 0. The molecule has 6 aliphatic rings. The van der Waals surface area contributed by atoms with Crippen LogP contribution in [0, 0.1) is 23.7 Å². The van der Waals surface area contributed by atoms with Crippen LogP contribution in [0.1, 0.15) is 6.92 Å². The molecule has 0 spiro atoms. The molecule has 0 amide bonds. The third kappa shape index (κ3) is 15.5. The van der Waals surface area contributed by atoms with Crippen LogP contribution in [-0.2, 0) is 61.6 Å². The minimum atomic E-state index is -1.83. The minimum absolute atomic E-state index is 0.0865. The molecule has 6 fully saturated rings. The van der Waals surface area contributed by atoms with Crippen molar-refractivity contribution in [2.45, 2.75) is 166 Å². The van der Waals surface area contributed by atoms with E-state index in [1.165, 1.54) is 7.11 Å². The Morgan fingerprint density at radius 2 is 0.526 bits per heavy atom. The Morgan fingerprint density at radius 1 is 0.269 bits per heavy atom. The molecule has 0 radical (unpaired) electrons. The molecule has 0 aromatic carbocycles. The number of aliphatic hydroxyl groups is 18. The van der Waals surface area contributed by atoms with Gasteiger partial charge in [-0.2, -0.15) is 0 Å². The first-order valence-corrected chi connectivity index (χ1v) is 26.2. The standard InChI is InChI=1S/C47H84O31/c1-3-71-46-44(64)34(54)20(24(6-50)77-46)10-69-13-27-36(56)33(53)19(23(5-49)74-27)9-68-16-30-40(60)43(63)41(61)31(76-30)17-72-47-45(65)35(55)21(25(7-51)78-47)11-70-14-28-37(57)32(52)18(22(4-48)73-28)8-67-15-29-39(59)42(62)38(58)26(75-29)12-66-2/h18-65H,3-17H2,1-2H3/t18?,19?,20?,21?,22?,23?,24?,25?,26?,27?,28?,29?,30?,31?,32-,33-,34-,35-,36-,37-,38?,39-,40-,41?,42-,43+,44+,45+,46?,47?/m1/s1. The lowest BCUT2D eigenvalue weighted by Crippen LogP contribution is -2.61. The van der Waals surface area contributed by atoms with Crippen LogP contribution in [-0.4, -0.2) is 357 Å². The molecule has 31 nitrogen and oxygen atoms in total. The van der Waals surface area contributed by atoms with Gasteiger partial charge in [0.05, 0.1) is 141 Å². The highest BCUT2D eigenvalue weighted by molar-refractivity contribution is 4.98. The normalized spacial score (nSPS) is 47.5. The third-order valence-electron chi connectivity index (χ3n) is 15.5. The molecule has 0 bridgehead atoms. The van der Waals surface area contributed by atoms with Gasteiger partial charge >= 0.3 is 0 Å². The summed E-state index contributed by atoms with van der Waals surface area (Å²) in [5.74, 6) is -4.10. The van der Waals surface area contributed by atoms with Gasteiger partial charge in [0.2, 0.25) is 0 Å². The fourth-order valence-corrected chi connectivity index (χ4v) is 10.7. The lowest BCUT2D eigenvalue weighted by Gasteiger charge is -2.45. The fraction of sp³-hybridized carbons (Fsp3) is 1.00. The second kappa shape index (κ2) is 31.1. The van der Waals surface area contributed by atoms with Crippen LogP contribution in [0.25, 0.3) is 0 Å². The van der Waals surface area contributed by atoms with Crippen molar-refractivity contribution < 1.29 is 153 Å². The minimum Gasteiger partial charge on any atom is -0.394 e. The van der Waals surface area contributed by atoms with E-state index in [9.17, 15) is 91.9 Å². The van der Waals surface area contributed by atoms with Gasteiger partial charge in [0.15, 0.2) is 12.6 Å². The summed E-state index contributed by atoms with van der Waals surface area (Å²) in [7, 11) is 1.36. The van der Waals surface area contributed by atoms with Gasteiger partial charge < -0.3 is 153 Å². The number of aliphatic hydroxyl groups excluding tert-OH is 18. The lowest BCUT2D eigenvalue weighted by atomic mass is 9.87. The van der Waals surface area contributed by atoms with E-state index in [-0.39, 0.29) is 39.6 Å². The average molecular weight is 1150 g/mol. The third-order valence-corrected chi connectivity index (χ3v) is 15.5. The summed E-state index contributed by atoms with van der Waals surface area (Å²) in [6.07, 6.45) is -37.0. The van der Waals surface area contributed by atoms with Gasteiger partial charge in [0.1, 0.15) is 97.7 Å². The number of ether oxygens (including phenoxy) is 13. The quantitative estimate of drug-likeness (QED) is 0.0363. The molecule has 0 aromatic heterocycles. The van der Waals surface area contributed by atoms with E-state index >= 15 is 0 Å². The van der Waals surface area contributed by atoms with E-state index < -0.39 is 242 Å². The molecule has 6 rings (SSSR count). The van der Waals surface area contributed by atoms with Crippen LogP contribution in [0.5, 0.6) is 0 Å². The zero-order valence-corrected chi connectivity index (χ0v) is 43.3. The zero-order chi connectivity index (χ0) is 57.1. The highest BCUT2D eigenvalue weighted by Gasteiger charge is 2.51. The second-order valence-corrected chi connectivity index (χ2v) is 20.6. The van der Waals surface area contributed by atoms with Crippen molar-refractivity contribution in [2.75, 3.05) is 106 Å². The molecule has 0 aromatic rings. The molecular formula is C47H84O31. The van der Waals surface area contributed by atoms with Crippen molar-refractivity contribution in [3.8, 4) is 0 Å². The monoisotopic (exact) mass is 1140 g/mol. The summed E-state index contributed by atoms with van der Waals surface area (Å²) in [4.78, 5) is 0. The molecule has 18 unspecified atom stereocenters. The van der Waals surface area contributed by atoms with E-state index in [2.05, 4.69) is 0 Å². The number of hydrogen-bond donors (Lipinski definition) is 18. The molecule has 0 aliphatic carbocycles. The van der Waals surface area contributed by atoms with Gasteiger partial charge in [0, 0.05) is 37.4 Å². The Labute approximate surface area is 448 Å². The van der Waals surface area contributed by atoms with E-state index in [1.807, 2.05) is 0 Å². The number of rotatable bonds is 27. The topological polar surface area (TPSA) is 484 Å². The van der Waals surface area contributed by atoms with Crippen molar-refractivity contribution in [3.05, 3.63) is 0 Å². The maximum absolute atomic E-state index is 11.2. The Balaban J connectivity index is 0.932. The zero-order valence-electron chi connectivity index (χ0n) is 43.3. The van der Waals surface area contributed by atoms with Crippen molar-refractivity contribution in [1.82, 2.24) is 0 Å².